The van der Waals surface area contributed by atoms with E-state index in [4.69, 9.17) is 4.42 Å². The number of likely N-dealkylation sites (N-methyl/N-ethyl adjacent to an activating group) is 1. The second-order valence-corrected chi connectivity index (χ2v) is 6.78. The summed E-state index contributed by atoms with van der Waals surface area (Å²) in [7, 11) is 3.40. The molecular weight excluding hydrogens is 421 g/mol. The second-order valence-electron chi connectivity index (χ2n) is 6.78. The van der Waals surface area contributed by atoms with Crippen molar-refractivity contribution in [2.45, 2.75) is 12.2 Å². The molecule has 0 aliphatic rings. The molecular formula is C21H20ClF3N2O3. The summed E-state index contributed by atoms with van der Waals surface area (Å²) in [6.07, 6.45) is -4.45. The van der Waals surface area contributed by atoms with Crippen LogP contribution in [0.15, 0.2) is 63.8 Å². The highest BCUT2D eigenvalue weighted by molar-refractivity contribution is 5.93. The Bertz CT molecular complexity index is 1100. The molecule has 0 aliphatic heterocycles. The van der Waals surface area contributed by atoms with E-state index in [0.29, 0.717) is 10.9 Å². The van der Waals surface area contributed by atoms with Gasteiger partial charge in [-0.2, -0.15) is 13.2 Å². The minimum absolute atomic E-state index is 0. The van der Waals surface area contributed by atoms with Crippen LogP contribution in [0.5, 0.6) is 0 Å². The second kappa shape index (κ2) is 9.32. The first-order valence-electron chi connectivity index (χ1n) is 8.81. The van der Waals surface area contributed by atoms with Crippen molar-refractivity contribution in [1.29, 1.82) is 0 Å². The molecule has 5 nitrogen and oxygen atoms in total. The van der Waals surface area contributed by atoms with Crippen LogP contribution in [0.3, 0.4) is 0 Å². The molecule has 1 heterocycles. The van der Waals surface area contributed by atoms with Gasteiger partial charge in [0.2, 0.25) is 0 Å². The van der Waals surface area contributed by atoms with E-state index in [0.717, 1.165) is 18.2 Å². The lowest BCUT2D eigenvalue weighted by Gasteiger charge is -2.25. The smallest absolute Gasteiger partial charge is 0.416 e. The first-order chi connectivity index (χ1) is 13.7. The van der Waals surface area contributed by atoms with Gasteiger partial charge in [0.1, 0.15) is 5.58 Å². The van der Waals surface area contributed by atoms with Crippen LogP contribution in [-0.4, -0.2) is 31.4 Å². The normalized spacial score (nSPS) is 12.5. The number of carbonyl (C=O) groups is 1. The summed E-state index contributed by atoms with van der Waals surface area (Å²) in [6.45, 7) is 0.0314. The molecule has 0 radical (unpaired) electrons. The maximum atomic E-state index is 13.0. The minimum atomic E-state index is -4.45. The van der Waals surface area contributed by atoms with Crippen molar-refractivity contribution in [3.8, 4) is 0 Å². The van der Waals surface area contributed by atoms with Crippen molar-refractivity contribution < 1.29 is 22.4 Å². The van der Waals surface area contributed by atoms with Crippen LogP contribution in [-0.2, 0) is 6.18 Å². The van der Waals surface area contributed by atoms with Crippen LogP contribution >= 0.6 is 12.4 Å². The molecule has 3 rings (SSSR count). The Morgan fingerprint density at radius 3 is 2.47 bits per heavy atom. The Hall–Kier alpha value is -2.84. The molecule has 160 valence electrons. The number of hydrogen-bond donors (Lipinski definition) is 1. The molecule has 0 fully saturated rings. The molecule has 1 N–H and O–H groups in total. The first-order valence-corrected chi connectivity index (χ1v) is 8.81. The summed E-state index contributed by atoms with van der Waals surface area (Å²) < 4.78 is 44.5. The SMILES string of the molecule is CN(C)C(CNC(=O)c1cc(=O)c2ccccc2o1)c1cccc(C(F)(F)F)c1.Cl. The van der Waals surface area contributed by atoms with E-state index in [1.54, 1.807) is 49.3 Å². The summed E-state index contributed by atoms with van der Waals surface area (Å²) in [5.41, 5.74) is -0.412. The number of carbonyl (C=O) groups excluding carboxylic acids is 1. The molecule has 9 heteroatoms. The fourth-order valence-electron chi connectivity index (χ4n) is 3.01. The van der Waals surface area contributed by atoms with Gasteiger partial charge >= 0.3 is 6.18 Å². The maximum absolute atomic E-state index is 13.0. The molecule has 2 aromatic carbocycles. The number of alkyl halides is 3. The van der Waals surface area contributed by atoms with Gasteiger partial charge in [-0.1, -0.05) is 24.3 Å². The third-order valence-corrected chi connectivity index (χ3v) is 4.54. The van der Waals surface area contributed by atoms with Crippen molar-refractivity contribution in [3.63, 3.8) is 0 Å². The van der Waals surface area contributed by atoms with Crippen molar-refractivity contribution in [2.24, 2.45) is 0 Å². The summed E-state index contributed by atoms with van der Waals surface area (Å²) in [5, 5.41) is 2.99. The number of benzene rings is 2. The molecule has 0 aliphatic carbocycles. The van der Waals surface area contributed by atoms with Crippen molar-refractivity contribution in [1.82, 2.24) is 10.2 Å². The van der Waals surface area contributed by atoms with Crippen molar-refractivity contribution >= 4 is 29.3 Å². The number of amides is 1. The van der Waals surface area contributed by atoms with Gasteiger partial charge in [-0.15, -0.1) is 12.4 Å². The average molecular weight is 441 g/mol. The predicted molar refractivity (Wildman–Crippen MR) is 110 cm³/mol. The maximum Gasteiger partial charge on any atom is 0.416 e. The standard InChI is InChI=1S/C21H19F3N2O3.ClH/c1-26(2)16(13-6-5-7-14(10-13)21(22,23)24)12-25-20(28)19-11-17(27)15-8-3-4-9-18(15)29-19;/h3-11,16H,12H2,1-2H3,(H,25,28);1H. The van der Waals surface area contributed by atoms with E-state index >= 15 is 0 Å². The van der Waals surface area contributed by atoms with E-state index in [1.165, 1.54) is 6.07 Å². The Balaban J connectivity index is 0.00000320. The monoisotopic (exact) mass is 440 g/mol. The van der Waals surface area contributed by atoms with E-state index in [9.17, 15) is 22.8 Å². The van der Waals surface area contributed by atoms with E-state index < -0.39 is 23.7 Å². The molecule has 0 saturated heterocycles. The van der Waals surface area contributed by atoms with Crippen LogP contribution in [0.4, 0.5) is 13.2 Å². The van der Waals surface area contributed by atoms with Gasteiger partial charge in [-0.25, -0.2) is 0 Å². The number of para-hydroxylation sites is 1. The number of rotatable bonds is 5. The van der Waals surface area contributed by atoms with Crippen molar-refractivity contribution in [3.05, 3.63) is 81.7 Å². The summed E-state index contributed by atoms with van der Waals surface area (Å²) in [6, 6.07) is 12.1. The molecule has 30 heavy (non-hydrogen) atoms. The first kappa shape index (κ1) is 23.4. The zero-order valence-electron chi connectivity index (χ0n) is 16.2. The van der Waals surface area contributed by atoms with Crippen LogP contribution < -0.4 is 10.7 Å². The lowest BCUT2D eigenvalue weighted by Crippen LogP contribution is -2.35. The van der Waals surface area contributed by atoms with Crippen LogP contribution in [0.1, 0.15) is 27.7 Å². The van der Waals surface area contributed by atoms with Gasteiger partial charge in [-0.3, -0.25) is 9.59 Å². The summed E-state index contributed by atoms with van der Waals surface area (Å²) in [5.74, 6) is -0.776. The zero-order valence-corrected chi connectivity index (χ0v) is 17.0. The van der Waals surface area contributed by atoms with Gasteiger partial charge in [0.25, 0.3) is 5.91 Å². The van der Waals surface area contributed by atoms with Gasteiger partial charge < -0.3 is 14.6 Å². The minimum Gasteiger partial charge on any atom is -0.451 e. The largest absolute Gasteiger partial charge is 0.451 e. The van der Waals surface area contributed by atoms with E-state index in [2.05, 4.69) is 5.32 Å². The number of nitrogens with zero attached hydrogens (tertiary/aromatic N) is 1. The number of hydrogen-bond acceptors (Lipinski definition) is 4. The highest BCUT2D eigenvalue weighted by Crippen LogP contribution is 2.31. The molecule has 0 bridgehead atoms. The average Bonchev–Trinajstić information content (AvgIpc) is 2.67. The Labute approximate surface area is 176 Å². The molecule has 1 amide bonds. The molecule has 3 aromatic rings. The number of nitrogens with one attached hydrogen (secondary N) is 1. The van der Waals surface area contributed by atoms with Crippen LogP contribution in [0, 0.1) is 0 Å². The Morgan fingerprint density at radius 1 is 1.10 bits per heavy atom. The lowest BCUT2D eigenvalue weighted by molar-refractivity contribution is -0.137. The Kier molecular flexibility index (Phi) is 7.28. The van der Waals surface area contributed by atoms with E-state index in [-0.39, 0.29) is 35.7 Å². The summed E-state index contributed by atoms with van der Waals surface area (Å²) >= 11 is 0. The predicted octanol–water partition coefficient (Wildman–Crippen LogP) is 4.27. The third-order valence-electron chi connectivity index (χ3n) is 4.54. The highest BCUT2D eigenvalue weighted by Gasteiger charge is 2.31. The fraction of sp³-hybridized carbons (Fsp3) is 0.238. The fourth-order valence-corrected chi connectivity index (χ4v) is 3.01. The molecule has 0 spiro atoms. The lowest BCUT2D eigenvalue weighted by atomic mass is 10.0. The van der Waals surface area contributed by atoms with Gasteiger partial charge in [0.15, 0.2) is 11.2 Å². The van der Waals surface area contributed by atoms with Crippen LogP contribution in [0.2, 0.25) is 0 Å². The highest BCUT2D eigenvalue weighted by atomic mass is 35.5. The topological polar surface area (TPSA) is 62.6 Å². The van der Waals surface area contributed by atoms with Gasteiger partial charge in [0.05, 0.1) is 17.0 Å². The number of halogens is 4. The molecule has 1 unspecified atom stereocenters. The Morgan fingerprint density at radius 2 is 1.80 bits per heavy atom. The number of fused-ring (bicyclic) bond motifs is 1. The van der Waals surface area contributed by atoms with E-state index in [1.807, 2.05) is 0 Å². The zero-order chi connectivity index (χ0) is 21.2. The van der Waals surface area contributed by atoms with Crippen LogP contribution in [0.25, 0.3) is 11.0 Å². The third kappa shape index (κ3) is 5.20. The molecule has 1 atom stereocenters. The molecule has 1 aromatic heterocycles. The molecule has 0 saturated carbocycles. The summed E-state index contributed by atoms with van der Waals surface area (Å²) in [4.78, 5) is 26.3. The van der Waals surface area contributed by atoms with Gasteiger partial charge in [0, 0.05) is 12.6 Å². The van der Waals surface area contributed by atoms with Crippen molar-refractivity contribution in [2.75, 3.05) is 20.6 Å². The quantitative estimate of drug-likeness (QED) is 0.643. The van der Waals surface area contributed by atoms with Gasteiger partial charge in [-0.05, 0) is 43.9 Å².